The van der Waals surface area contributed by atoms with Gasteiger partial charge in [0.2, 0.25) is 17.7 Å². The van der Waals surface area contributed by atoms with E-state index in [0.717, 1.165) is 85.9 Å². The zero-order valence-corrected chi connectivity index (χ0v) is 53.7. The summed E-state index contributed by atoms with van der Waals surface area (Å²) in [5.41, 5.74) is -0.0346. The van der Waals surface area contributed by atoms with Gasteiger partial charge in [-0.3, -0.25) is 24.0 Å². The fourth-order valence-electron chi connectivity index (χ4n) is 9.93. The van der Waals surface area contributed by atoms with Crippen LogP contribution in [0.3, 0.4) is 0 Å². The van der Waals surface area contributed by atoms with Gasteiger partial charge in [0, 0.05) is 93.5 Å². The molecule has 0 unspecified atom stereocenters. The Morgan fingerprint density at radius 1 is 0.410 bits per heavy atom. The number of methoxy groups -OCH3 is 1. The number of aldehydes is 2. The molecule has 8 heterocycles. The number of benzene rings is 3. The van der Waals surface area contributed by atoms with Gasteiger partial charge in [0.25, 0.3) is 0 Å². The van der Waals surface area contributed by atoms with Gasteiger partial charge in [-0.1, -0.05) is 102 Å². The second-order valence-corrected chi connectivity index (χ2v) is 23.1. The number of hydrogen-bond donors (Lipinski definition) is 1. The molecule has 11 rings (SSSR count). The molecule has 3 amide bonds. The van der Waals surface area contributed by atoms with Crippen LogP contribution in [0.5, 0.6) is 0 Å². The van der Waals surface area contributed by atoms with Gasteiger partial charge in [0.1, 0.15) is 51.3 Å². The van der Waals surface area contributed by atoms with Gasteiger partial charge in [0.15, 0.2) is 0 Å². The lowest BCUT2D eigenvalue weighted by Crippen LogP contribution is -2.23. The third-order valence-electron chi connectivity index (χ3n) is 14.8. The highest BCUT2D eigenvalue weighted by Crippen LogP contribution is 2.36. The molecule has 0 bridgehead atoms. The minimum Gasteiger partial charge on any atom is -0.392 e. The van der Waals surface area contributed by atoms with E-state index in [4.69, 9.17) is 27.9 Å². The highest BCUT2D eigenvalue weighted by molar-refractivity contribution is 6.29. The fraction of sp³-hybridized carbons (Fsp3) is 0.294. The molecule has 0 saturated carbocycles. The number of alkyl halides is 15. The number of ether oxygens (including phenoxy) is 1. The maximum Gasteiger partial charge on any atom is 0.433 e. The molecule has 15 nitrogen and oxygen atoms in total. The largest absolute Gasteiger partial charge is 0.433 e. The van der Waals surface area contributed by atoms with Gasteiger partial charge in [-0.2, -0.15) is 65.9 Å². The quantitative estimate of drug-likeness (QED) is 0.0617. The molecule has 0 radical (unpaired) electrons. The van der Waals surface area contributed by atoms with E-state index in [1.165, 1.54) is 31.4 Å². The summed E-state index contributed by atoms with van der Waals surface area (Å²) < 4.78 is 193. The molecule has 530 valence electrons. The Labute approximate surface area is 570 Å². The maximum absolute atomic E-state index is 13.1. The number of likely N-dealkylation sites (tertiary alicyclic amines) is 3. The highest BCUT2D eigenvalue weighted by Gasteiger charge is 2.37. The van der Waals surface area contributed by atoms with Crippen molar-refractivity contribution in [3.8, 4) is 33.8 Å². The number of amides is 3. The molecular formula is C68H57Cl2F15N8O7. The van der Waals surface area contributed by atoms with E-state index in [2.05, 4.69) is 24.9 Å². The number of carbonyl (C=O) groups excluding carboxylic acids is 5. The van der Waals surface area contributed by atoms with Gasteiger partial charge in [-0.25, -0.2) is 24.9 Å². The smallest absolute Gasteiger partial charge is 0.392 e. The van der Waals surface area contributed by atoms with Crippen molar-refractivity contribution in [2.45, 2.75) is 102 Å². The van der Waals surface area contributed by atoms with Crippen LogP contribution in [0.2, 0.25) is 10.3 Å². The summed E-state index contributed by atoms with van der Waals surface area (Å²) in [6.45, 7) is 3.28. The number of rotatable bonds is 14. The molecule has 0 aliphatic carbocycles. The summed E-state index contributed by atoms with van der Waals surface area (Å²) in [6, 6.07) is 32.8. The van der Waals surface area contributed by atoms with Gasteiger partial charge in [-0.15, -0.1) is 0 Å². The van der Waals surface area contributed by atoms with Crippen LogP contribution in [-0.2, 0) is 82.9 Å². The molecular weight excluding hydrogens is 1400 g/mol. The van der Waals surface area contributed by atoms with E-state index in [0.29, 0.717) is 73.5 Å². The molecule has 1 N–H and O–H groups in total. The monoisotopic (exact) mass is 1450 g/mol. The van der Waals surface area contributed by atoms with Crippen molar-refractivity contribution in [1.29, 1.82) is 0 Å². The third kappa shape index (κ3) is 23.1. The van der Waals surface area contributed by atoms with E-state index < -0.39 is 66.0 Å². The zero-order valence-electron chi connectivity index (χ0n) is 52.2. The van der Waals surface area contributed by atoms with Crippen molar-refractivity contribution in [2.24, 2.45) is 0 Å². The molecule has 0 atom stereocenters. The SMILES string of the molecule is COCc1cc(-c2ccc(CN3CCCC3=O)cc2)nc(C(F)(F)F)c1.FC(F)(F)c1cccc(Cl)n1.O=C1CCCN1Cc1ccc(-c2cc(CO)cc(C(F)(F)F)n2)cc1.O=Cc1cc(-c2ccc(CN3CCCC3=O)cc2)nc(C(F)(F)F)c1.O=Cc1cc(Cl)nc(C(F)(F)F)c1. The lowest BCUT2D eigenvalue weighted by atomic mass is 10.1. The van der Waals surface area contributed by atoms with Crippen molar-refractivity contribution >= 4 is 53.5 Å². The number of aliphatic hydroxyl groups is 1. The molecule has 3 fully saturated rings. The van der Waals surface area contributed by atoms with E-state index in [-0.39, 0.29) is 74.7 Å². The molecule has 3 aliphatic heterocycles. The minimum absolute atomic E-state index is 0.0771. The van der Waals surface area contributed by atoms with Gasteiger partial charge >= 0.3 is 30.9 Å². The Morgan fingerprint density at radius 3 is 1.06 bits per heavy atom. The summed E-state index contributed by atoms with van der Waals surface area (Å²) in [4.78, 5) is 78.6. The average Bonchev–Trinajstić information content (AvgIpc) is 1.03. The average molecular weight is 1450 g/mol. The molecule has 8 aromatic rings. The number of nitrogens with zero attached hydrogens (tertiary/aromatic N) is 8. The Morgan fingerprint density at radius 2 is 0.740 bits per heavy atom. The van der Waals surface area contributed by atoms with E-state index in [9.17, 15) is 94.9 Å². The first kappa shape index (κ1) is 78.0. The van der Waals surface area contributed by atoms with Crippen LogP contribution in [0.25, 0.3) is 33.8 Å². The van der Waals surface area contributed by atoms with Crippen LogP contribution >= 0.6 is 23.2 Å². The first-order valence-electron chi connectivity index (χ1n) is 29.8. The first-order chi connectivity index (χ1) is 47.0. The van der Waals surface area contributed by atoms with Gasteiger partial charge < -0.3 is 24.5 Å². The maximum atomic E-state index is 13.1. The fourth-order valence-corrected chi connectivity index (χ4v) is 10.3. The summed E-state index contributed by atoms with van der Waals surface area (Å²) in [7, 11) is 1.43. The number of hydrogen-bond acceptors (Lipinski definition) is 12. The van der Waals surface area contributed by atoms with Crippen molar-refractivity contribution in [3.63, 3.8) is 0 Å². The van der Waals surface area contributed by atoms with Crippen LogP contribution < -0.4 is 0 Å². The topological polar surface area (TPSA) is 189 Å². The van der Waals surface area contributed by atoms with Crippen LogP contribution in [0, 0.1) is 0 Å². The predicted octanol–water partition coefficient (Wildman–Crippen LogP) is 16.4. The Bertz CT molecular complexity index is 4140. The lowest BCUT2D eigenvalue weighted by Gasteiger charge is -2.16. The summed E-state index contributed by atoms with van der Waals surface area (Å²) in [5, 5.41) is 8.69. The Balaban J connectivity index is 0.000000182. The molecule has 3 saturated heterocycles. The van der Waals surface area contributed by atoms with Crippen molar-refractivity contribution in [2.75, 3.05) is 26.7 Å². The number of aliphatic hydroxyl groups excluding tert-OH is 1. The summed E-state index contributed by atoms with van der Waals surface area (Å²) in [6.07, 6.45) is -17.8. The second kappa shape index (κ2) is 34.1. The summed E-state index contributed by atoms with van der Waals surface area (Å²) in [5.74, 6) is 0.369. The molecule has 32 heteroatoms. The standard InChI is InChI=1S/C19H19F3N2O2.C18H17F3N2O2.C18H15F3N2O2.C7H3ClF3NO.C6H3ClF3N/c1-26-12-14-9-16(23-17(10-14)19(20,21)22)15-6-4-13(5-7-15)11-24-8-2-3-18(24)25;2*19-18(20,21)16-9-13(11-24)8-15(22-16)14-5-3-12(4-6-14)10-23-7-1-2-17(23)25;8-6-2-4(3-13)1-5(12-6)7(9,10)11;7-5-3-1-2-4(11-5)6(8,9)10/h4-7,9-10H,2-3,8,11-12H2,1H3;3-6,8-9,24H,1-2,7,10-11H2;3-6,8-9,11H,1-2,7,10H2;1-3H;1-3H. The van der Waals surface area contributed by atoms with Gasteiger partial charge in [0.05, 0.1) is 30.3 Å². The van der Waals surface area contributed by atoms with Crippen molar-refractivity contribution in [1.82, 2.24) is 39.6 Å². The highest BCUT2D eigenvalue weighted by atomic mass is 35.5. The second-order valence-electron chi connectivity index (χ2n) is 22.3. The van der Waals surface area contributed by atoms with Crippen LogP contribution in [0.15, 0.2) is 140 Å². The Kier molecular flexibility index (Phi) is 26.6. The van der Waals surface area contributed by atoms with Gasteiger partial charge in [-0.05, 0) is 108 Å². The van der Waals surface area contributed by atoms with Crippen LogP contribution in [-0.4, -0.2) is 102 Å². The van der Waals surface area contributed by atoms with Crippen LogP contribution in [0.1, 0.15) is 116 Å². The molecule has 5 aromatic heterocycles. The third-order valence-corrected chi connectivity index (χ3v) is 15.2. The molecule has 0 spiro atoms. The van der Waals surface area contributed by atoms with E-state index >= 15 is 0 Å². The molecule has 3 aromatic carbocycles. The Hall–Kier alpha value is -9.39. The zero-order chi connectivity index (χ0) is 73.3. The van der Waals surface area contributed by atoms with E-state index in [1.807, 2.05) is 12.1 Å². The van der Waals surface area contributed by atoms with Crippen molar-refractivity contribution < 1.29 is 99.7 Å². The lowest BCUT2D eigenvalue weighted by molar-refractivity contribution is -0.142. The first-order valence-corrected chi connectivity index (χ1v) is 30.6. The number of halogens is 17. The predicted molar refractivity (Wildman–Crippen MR) is 334 cm³/mol. The number of aromatic nitrogens is 5. The molecule has 3 aliphatic rings. The van der Waals surface area contributed by atoms with E-state index in [1.54, 1.807) is 81.4 Å². The summed E-state index contributed by atoms with van der Waals surface area (Å²) >= 11 is 10.5. The normalized spacial score (nSPS) is 14.1. The number of pyridine rings is 5. The van der Waals surface area contributed by atoms with Crippen LogP contribution in [0.4, 0.5) is 65.9 Å². The number of carbonyl (C=O) groups is 5. The van der Waals surface area contributed by atoms with Crippen molar-refractivity contribution in [3.05, 3.63) is 217 Å². The minimum atomic E-state index is -4.62. The molecule has 100 heavy (non-hydrogen) atoms.